The Hall–Kier alpha value is -1.69. The topological polar surface area (TPSA) is 83.5 Å². The molecule has 3 rings (SSSR count). The highest BCUT2D eigenvalue weighted by Gasteiger charge is 2.43. The van der Waals surface area contributed by atoms with Crippen molar-refractivity contribution in [1.29, 1.82) is 0 Å². The van der Waals surface area contributed by atoms with Gasteiger partial charge >= 0.3 is 5.97 Å². The van der Waals surface area contributed by atoms with Crippen LogP contribution in [0.5, 0.6) is 0 Å². The number of ether oxygens (including phenoxy) is 5. The number of allylic oxidation sites excluding steroid dienone is 2. The molecule has 0 aromatic heterocycles. The summed E-state index contributed by atoms with van der Waals surface area (Å²) in [6.07, 6.45) is 17.6. The Labute approximate surface area is 242 Å². The van der Waals surface area contributed by atoms with Crippen molar-refractivity contribution in [2.45, 2.75) is 129 Å². The number of carbonyl (C=O) groups is 1. The molecule has 2 saturated heterocycles. The summed E-state index contributed by atoms with van der Waals surface area (Å²) >= 11 is 0. The Morgan fingerprint density at radius 3 is 2.48 bits per heavy atom. The van der Waals surface area contributed by atoms with E-state index < -0.39 is 6.10 Å². The van der Waals surface area contributed by atoms with Crippen LogP contribution in [0.25, 0.3) is 0 Å². The first-order valence-corrected chi connectivity index (χ1v) is 15.4. The van der Waals surface area contributed by atoms with Gasteiger partial charge in [-0.25, -0.2) is 0 Å². The number of rotatable bonds is 14. The van der Waals surface area contributed by atoms with Crippen molar-refractivity contribution in [3.8, 4) is 11.8 Å². The molecule has 0 amide bonds. The van der Waals surface area contributed by atoms with E-state index in [-0.39, 0.29) is 48.0 Å². The summed E-state index contributed by atoms with van der Waals surface area (Å²) in [6.45, 7) is 7.71. The van der Waals surface area contributed by atoms with Crippen molar-refractivity contribution in [3.63, 3.8) is 0 Å². The fraction of sp³-hybridized carbons (Fsp3) is 0.788. The molecule has 0 radical (unpaired) electrons. The third kappa shape index (κ3) is 10.6. The summed E-state index contributed by atoms with van der Waals surface area (Å²) in [7, 11) is 1.42. The van der Waals surface area contributed by atoms with Crippen molar-refractivity contribution >= 4 is 5.97 Å². The lowest BCUT2D eigenvalue weighted by atomic mass is 9.81. The minimum Gasteiger partial charge on any atom is -0.469 e. The average Bonchev–Trinajstić information content (AvgIpc) is 3.25. The number of unbranched alkanes of at least 4 members (excludes halogenated alkanes) is 1. The van der Waals surface area contributed by atoms with Crippen LogP contribution in [-0.2, 0) is 28.5 Å². The molecule has 0 bridgehead atoms. The van der Waals surface area contributed by atoms with Gasteiger partial charge in [0.1, 0.15) is 0 Å². The van der Waals surface area contributed by atoms with Gasteiger partial charge in [0, 0.05) is 43.8 Å². The fourth-order valence-electron chi connectivity index (χ4n) is 5.80. The molecule has 1 saturated carbocycles. The summed E-state index contributed by atoms with van der Waals surface area (Å²) in [5.74, 6) is 6.13. The first kappa shape index (κ1) is 32.8. The van der Waals surface area contributed by atoms with Crippen molar-refractivity contribution in [2.24, 2.45) is 17.3 Å². The van der Waals surface area contributed by atoms with Crippen LogP contribution >= 0.6 is 0 Å². The molecule has 0 aromatic carbocycles. The Morgan fingerprint density at radius 2 is 1.82 bits per heavy atom. The zero-order valence-electron chi connectivity index (χ0n) is 25.1. The number of hydrogen-bond donors (Lipinski definition) is 1. The molecule has 7 heteroatoms. The third-order valence-corrected chi connectivity index (χ3v) is 8.35. The second-order valence-electron chi connectivity index (χ2n) is 12.0. The lowest BCUT2D eigenvalue weighted by molar-refractivity contribution is -0.197. The van der Waals surface area contributed by atoms with Crippen LogP contribution in [0.3, 0.4) is 0 Å². The summed E-state index contributed by atoms with van der Waals surface area (Å²) < 4.78 is 29.6. The second-order valence-corrected chi connectivity index (χ2v) is 12.0. The first-order valence-electron chi connectivity index (χ1n) is 15.4. The smallest absolute Gasteiger partial charge is 0.305 e. The third-order valence-electron chi connectivity index (χ3n) is 8.35. The maximum Gasteiger partial charge on any atom is 0.305 e. The van der Waals surface area contributed by atoms with Gasteiger partial charge in [-0.2, -0.15) is 0 Å². The Morgan fingerprint density at radius 1 is 1.10 bits per heavy atom. The van der Waals surface area contributed by atoms with Gasteiger partial charge in [0.25, 0.3) is 0 Å². The molecule has 1 N–H and O–H groups in total. The van der Waals surface area contributed by atoms with Crippen LogP contribution in [-0.4, -0.2) is 62.3 Å². The van der Waals surface area contributed by atoms with Crippen molar-refractivity contribution in [2.75, 3.05) is 20.3 Å². The van der Waals surface area contributed by atoms with Crippen molar-refractivity contribution in [1.82, 2.24) is 0 Å². The predicted octanol–water partition coefficient (Wildman–Crippen LogP) is 6.09. The lowest BCUT2D eigenvalue weighted by Gasteiger charge is -2.35. The number of carbonyl (C=O) groups excluding carboxylic acids is 1. The predicted molar refractivity (Wildman–Crippen MR) is 155 cm³/mol. The molecule has 7 nitrogen and oxygen atoms in total. The van der Waals surface area contributed by atoms with Crippen LogP contribution in [0.15, 0.2) is 24.3 Å². The van der Waals surface area contributed by atoms with Crippen LogP contribution in [0.1, 0.15) is 97.8 Å². The molecule has 3 aliphatic rings. The Bertz CT molecular complexity index is 858. The number of esters is 1. The van der Waals surface area contributed by atoms with Gasteiger partial charge in [-0.3, -0.25) is 4.79 Å². The van der Waals surface area contributed by atoms with Crippen LogP contribution < -0.4 is 0 Å². The molecule has 0 aromatic rings. The van der Waals surface area contributed by atoms with Gasteiger partial charge in [0.05, 0.1) is 25.4 Å². The van der Waals surface area contributed by atoms with Gasteiger partial charge < -0.3 is 28.8 Å². The molecule has 2 aliphatic heterocycles. The summed E-state index contributed by atoms with van der Waals surface area (Å²) in [5, 5.41) is 11.1. The normalized spacial score (nSPS) is 30.3. The van der Waals surface area contributed by atoms with Gasteiger partial charge in [0.15, 0.2) is 12.6 Å². The van der Waals surface area contributed by atoms with E-state index in [1.807, 2.05) is 6.92 Å². The standard InChI is InChI=1S/C33H52O7/c1-5-6-21-33(2,3)29(40-32-18-12-14-23-38-32)20-19-26-25(15-9-7-8-10-16-30(35)36-4)27(34)24-28(26)39-31-17-11-13-22-37-31/h7,9,19-20,25-29,31-32,34H,8,10-18,21-24H2,1-4H3/t25-,26-,27-,28-,29-,31?,32?/m1/s1. The van der Waals surface area contributed by atoms with E-state index in [2.05, 4.69) is 50.0 Å². The number of methoxy groups -OCH3 is 1. The molecule has 3 fully saturated rings. The van der Waals surface area contributed by atoms with E-state index in [4.69, 9.17) is 23.7 Å². The Balaban J connectivity index is 1.75. The van der Waals surface area contributed by atoms with Crippen molar-refractivity contribution in [3.05, 3.63) is 24.3 Å². The molecule has 7 atom stereocenters. The van der Waals surface area contributed by atoms with E-state index >= 15 is 0 Å². The summed E-state index contributed by atoms with van der Waals surface area (Å²) in [4.78, 5) is 11.4. The van der Waals surface area contributed by atoms with Crippen LogP contribution in [0, 0.1) is 29.1 Å². The van der Waals surface area contributed by atoms with E-state index in [9.17, 15) is 9.90 Å². The molecule has 0 spiro atoms. The quantitative estimate of drug-likeness (QED) is 0.119. The highest BCUT2D eigenvalue weighted by atomic mass is 16.7. The minimum atomic E-state index is -0.469. The maximum atomic E-state index is 11.4. The SMILES string of the molecule is CC#CCC(C)(C)[C@@H](C=C[C@@H]1[C@@H](CC=CCCCC(=O)OC)[C@H](O)C[C@H]1OC1CCCCO1)OC1CCCCO1. The molecule has 40 heavy (non-hydrogen) atoms. The van der Waals surface area contributed by atoms with E-state index in [1.54, 1.807) is 0 Å². The van der Waals surface area contributed by atoms with E-state index in [0.717, 1.165) is 71.0 Å². The maximum absolute atomic E-state index is 11.4. The highest BCUT2D eigenvalue weighted by Crippen LogP contribution is 2.40. The zero-order chi connectivity index (χ0) is 28.8. The molecule has 2 heterocycles. The van der Waals surface area contributed by atoms with E-state index in [0.29, 0.717) is 19.3 Å². The largest absolute Gasteiger partial charge is 0.469 e. The van der Waals surface area contributed by atoms with E-state index in [1.165, 1.54) is 7.11 Å². The zero-order valence-corrected chi connectivity index (χ0v) is 25.1. The summed E-state index contributed by atoms with van der Waals surface area (Å²) in [6, 6.07) is 0. The number of hydrogen-bond acceptors (Lipinski definition) is 7. The number of aliphatic hydroxyl groups is 1. The molecular formula is C33H52O7. The van der Waals surface area contributed by atoms with Gasteiger partial charge in [-0.15, -0.1) is 11.8 Å². The molecular weight excluding hydrogens is 508 g/mol. The second kappa shape index (κ2) is 17.3. The Kier molecular flexibility index (Phi) is 14.2. The lowest BCUT2D eigenvalue weighted by Crippen LogP contribution is -2.36. The molecule has 1 aliphatic carbocycles. The molecule has 226 valence electrons. The monoisotopic (exact) mass is 560 g/mol. The average molecular weight is 561 g/mol. The molecule has 2 unspecified atom stereocenters. The van der Waals surface area contributed by atoms with Gasteiger partial charge in [-0.05, 0) is 70.6 Å². The minimum absolute atomic E-state index is 0.0201. The fourth-order valence-corrected chi connectivity index (χ4v) is 5.80. The van der Waals surface area contributed by atoms with Gasteiger partial charge in [-0.1, -0.05) is 38.2 Å². The van der Waals surface area contributed by atoms with Crippen LogP contribution in [0.2, 0.25) is 0 Å². The highest BCUT2D eigenvalue weighted by molar-refractivity contribution is 5.69. The number of aliphatic hydroxyl groups excluding tert-OH is 1. The van der Waals surface area contributed by atoms with Gasteiger partial charge in [0.2, 0.25) is 0 Å². The van der Waals surface area contributed by atoms with Crippen LogP contribution in [0.4, 0.5) is 0 Å². The first-order chi connectivity index (χ1) is 19.3. The van der Waals surface area contributed by atoms with Crippen molar-refractivity contribution < 1.29 is 33.6 Å². The summed E-state index contributed by atoms with van der Waals surface area (Å²) in [5.41, 5.74) is -0.213.